The number of hydrogen-bond acceptors (Lipinski definition) is 4. The number of halogens is 2. The summed E-state index contributed by atoms with van der Waals surface area (Å²) < 4.78 is 27.8. The number of hydrogen-bond donors (Lipinski definition) is 2. The molecule has 1 atom stereocenters. The number of carbonyl (C=O) groups excluding carboxylic acids is 1. The van der Waals surface area contributed by atoms with Crippen molar-refractivity contribution in [1.82, 2.24) is 20.1 Å². The van der Waals surface area contributed by atoms with Crippen molar-refractivity contribution in [3.63, 3.8) is 0 Å². The Morgan fingerprint density at radius 2 is 2.00 bits per heavy atom. The van der Waals surface area contributed by atoms with Crippen LogP contribution in [-0.4, -0.2) is 32.3 Å². The highest BCUT2D eigenvalue weighted by Gasteiger charge is 2.14. The summed E-state index contributed by atoms with van der Waals surface area (Å²) in [6.07, 6.45) is 4.79. The first-order chi connectivity index (χ1) is 12.0. The average Bonchev–Trinajstić information content (AvgIpc) is 3.10. The van der Waals surface area contributed by atoms with Crippen LogP contribution in [0.15, 0.2) is 55.1 Å². The largest absolute Gasteiger partial charge is 0.387 e. The molecule has 1 aromatic carbocycles. The number of aromatic nitrogens is 3. The van der Waals surface area contributed by atoms with Gasteiger partial charge in [-0.05, 0) is 29.8 Å². The van der Waals surface area contributed by atoms with Crippen molar-refractivity contribution in [3.05, 3.63) is 77.9 Å². The number of benzene rings is 1. The minimum Gasteiger partial charge on any atom is -0.387 e. The van der Waals surface area contributed by atoms with E-state index in [4.69, 9.17) is 0 Å². The first-order valence-electron chi connectivity index (χ1n) is 7.41. The molecule has 8 heteroatoms. The van der Waals surface area contributed by atoms with E-state index in [-0.39, 0.29) is 17.8 Å². The van der Waals surface area contributed by atoms with Crippen molar-refractivity contribution < 1.29 is 18.7 Å². The molecule has 1 unspecified atom stereocenters. The van der Waals surface area contributed by atoms with E-state index in [1.807, 2.05) is 0 Å². The average molecular weight is 344 g/mol. The summed E-state index contributed by atoms with van der Waals surface area (Å²) in [5, 5.41) is 16.5. The zero-order chi connectivity index (χ0) is 17.8. The number of nitrogens with one attached hydrogen (secondary N) is 1. The van der Waals surface area contributed by atoms with Gasteiger partial charge in [-0.3, -0.25) is 9.78 Å². The standard InChI is InChI=1S/C17H14F2N4O2/c18-13-1-2-15(14(19)7-13)23-10-12(8-22-23)17(25)21-9-16(24)11-3-5-20-6-4-11/h1-8,10,16,24H,9H2,(H,21,25). The lowest BCUT2D eigenvalue weighted by Crippen LogP contribution is -2.28. The van der Waals surface area contributed by atoms with Gasteiger partial charge in [-0.15, -0.1) is 0 Å². The lowest BCUT2D eigenvalue weighted by molar-refractivity contribution is 0.0916. The molecular formula is C17H14F2N4O2. The van der Waals surface area contributed by atoms with Crippen LogP contribution in [0, 0.1) is 11.6 Å². The number of aliphatic hydroxyl groups is 1. The Morgan fingerprint density at radius 3 is 2.72 bits per heavy atom. The van der Waals surface area contributed by atoms with Crippen molar-refractivity contribution in [2.75, 3.05) is 6.54 Å². The molecule has 0 saturated heterocycles. The summed E-state index contributed by atoms with van der Waals surface area (Å²) in [6, 6.07) is 6.36. The highest BCUT2D eigenvalue weighted by atomic mass is 19.1. The van der Waals surface area contributed by atoms with Crippen molar-refractivity contribution in [2.45, 2.75) is 6.10 Å². The molecule has 2 N–H and O–H groups in total. The number of rotatable bonds is 5. The fraction of sp³-hybridized carbons (Fsp3) is 0.118. The van der Waals surface area contributed by atoms with E-state index in [2.05, 4.69) is 15.4 Å². The first-order valence-corrected chi connectivity index (χ1v) is 7.41. The fourth-order valence-electron chi connectivity index (χ4n) is 2.23. The van der Waals surface area contributed by atoms with Crippen LogP contribution in [0.2, 0.25) is 0 Å². The Kier molecular flexibility index (Phi) is 4.80. The van der Waals surface area contributed by atoms with Crippen LogP contribution >= 0.6 is 0 Å². The summed E-state index contributed by atoms with van der Waals surface area (Å²) in [4.78, 5) is 16.0. The van der Waals surface area contributed by atoms with Crippen LogP contribution in [0.25, 0.3) is 5.69 Å². The summed E-state index contributed by atoms with van der Waals surface area (Å²) in [7, 11) is 0. The molecule has 3 rings (SSSR count). The second kappa shape index (κ2) is 7.18. The molecule has 0 saturated carbocycles. The first kappa shape index (κ1) is 16.7. The Bertz CT molecular complexity index is 883. The highest BCUT2D eigenvalue weighted by molar-refractivity contribution is 5.93. The molecule has 1 amide bonds. The second-order valence-electron chi connectivity index (χ2n) is 5.28. The van der Waals surface area contributed by atoms with Gasteiger partial charge in [0.25, 0.3) is 5.91 Å². The third kappa shape index (κ3) is 3.86. The molecule has 0 aliphatic heterocycles. The Balaban J connectivity index is 1.66. The SMILES string of the molecule is O=C(NCC(O)c1ccncc1)c1cnn(-c2ccc(F)cc2F)c1. The van der Waals surface area contributed by atoms with E-state index in [0.717, 1.165) is 16.8 Å². The quantitative estimate of drug-likeness (QED) is 0.742. The molecule has 25 heavy (non-hydrogen) atoms. The van der Waals surface area contributed by atoms with Gasteiger partial charge in [-0.2, -0.15) is 5.10 Å². The van der Waals surface area contributed by atoms with Crippen molar-refractivity contribution in [3.8, 4) is 5.69 Å². The molecule has 6 nitrogen and oxygen atoms in total. The molecule has 0 radical (unpaired) electrons. The van der Waals surface area contributed by atoms with Crippen LogP contribution in [0.5, 0.6) is 0 Å². The number of nitrogens with zero attached hydrogens (tertiary/aromatic N) is 3. The summed E-state index contributed by atoms with van der Waals surface area (Å²) in [5.41, 5.74) is 0.835. The van der Waals surface area contributed by atoms with E-state index in [0.29, 0.717) is 5.56 Å². The molecule has 3 aromatic rings. The molecule has 0 aliphatic rings. The van der Waals surface area contributed by atoms with Gasteiger partial charge in [0.05, 0.1) is 17.9 Å². The highest BCUT2D eigenvalue weighted by Crippen LogP contribution is 2.15. The van der Waals surface area contributed by atoms with E-state index in [9.17, 15) is 18.7 Å². The normalized spacial score (nSPS) is 12.0. The zero-order valence-electron chi connectivity index (χ0n) is 12.9. The van der Waals surface area contributed by atoms with Gasteiger partial charge >= 0.3 is 0 Å². The monoisotopic (exact) mass is 344 g/mol. The van der Waals surface area contributed by atoms with Crippen LogP contribution in [0.4, 0.5) is 8.78 Å². The van der Waals surface area contributed by atoms with Crippen LogP contribution in [0.3, 0.4) is 0 Å². The molecule has 0 fully saturated rings. The van der Waals surface area contributed by atoms with Gasteiger partial charge in [0, 0.05) is 31.2 Å². The minimum atomic E-state index is -0.878. The lowest BCUT2D eigenvalue weighted by Gasteiger charge is -2.11. The Morgan fingerprint density at radius 1 is 1.24 bits per heavy atom. The van der Waals surface area contributed by atoms with Gasteiger partial charge in [0.2, 0.25) is 0 Å². The molecule has 0 bridgehead atoms. The Labute approximate surface area is 141 Å². The lowest BCUT2D eigenvalue weighted by atomic mass is 10.1. The fourth-order valence-corrected chi connectivity index (χ4v) is 2.23. The van der Waals surface area contributed by atoms with Crippen molar-refractivity contribution in [2.24, 2.45) is 0 Å². The summed E-state index contributed by atoms with van der Waals surface area (Å²) >= 11 is 0. The number of aliphatic hydroxyl groups excluding tert-OH is 1. The van der Waals surface area contributed by atoms with E-state index in [1.165, 1.54) is 18.5 Å². The minimum absolute atomic E-state index is 0.00106. The summed E-state index contributed by atoms with van der Waals surface area (Å²) in [5.74, 6) is -1.96. The third-order valence-electron chi connectivity index (χ3n) is 3.55. The van der Waals surface area contributed by atoms with Crippen LogP contribution in [0.1, 0.15) is 22.0 Å². The van der Waals surface area contributed by atoms with Crippen LogP contribution in [-0.2, 0) is 0 Å². The maximum atomic E-state index is 13.7. The van der Waals surface area contributed by atoms with Gasteiger partial charge in [0.1, 0.15) is 11.5 Å². The summed E-state index contributed by atoms with van der Waals surface area (Å²) in [6.45, 7) is -0.00106. The second-order valence-corrected chi connectivity index (χ2v) is 5.28. The van der Waals surface area contributed by atoms with E-state index >= 15 is 0 Å². The van der Waals surface area contributed by atoms with Gasteiger partial charge < -0.3 is 10.4 Å². The molecular weight excluding hydrogens is 330 g/mol. The van der Waals surface area contributed by atoms with Crippen molar-refractivity contribution >= 4 is 5.91 Å². The van der Waals surface area contributed by atoms with Gasteiger partial charge in [-0.1, -0.05) is 0 Å². The smallest absolute Gasteiger partial charge is 0.254 e. The molecule has 2 aromatic heterocycles. The number of carbonyl (C=O) groups is 1. The zero-order valence-corrected chi connectivity index (χ0v) is 12.9. The maximum absolute atomic E-state index is 13.7. The van der Waals surface area contributed by atoms with Crippen LogP contribution < -0.4 is 5.32 Å². The van der Waals surface area contributed by atoms with Gasteiger partial charge in [0.15, 0.2) is 5.82 Å². The van der Waals surface area contributed by atoms with E-state index < -0.39 is 23.6 Å². The predicted molar refractivity (Wildman–Crippen MR) is 85.0 cm³/mol. The van der Waals surface area contributed by atoms with E-state index in [1.54, 1.807) is 24.5 Å². The maximum Gasteiger partial charge on any atom is 0.254 e. The third-order valence-corrected chi connectivity index (χ3v) is 3.55. The predicted octanol–water partition coefficient (Wildman–Crippen LogP) is 2.01. The van der Waals surface area contributed by atoms with Crippen molar-refractivity contribution in [1.29, 1.82) is 0 Å². The Hall–Kier alpha value is -3.13. The molecule has 128 valence electrons. The molecule has 2 heterocycles. The molecule has 0 aliphatic carbocycles. The van der Waals surface area contributed by atoms with Gasteiger partial charge in [-0.25, -0.2) is 13.5 Å². The number of amides is 1. The number of pyridine rings is 1. The topological polar surface area (TPSA) is 80.0 Å². The molecule has 0 spiro atoms.